The van der Waals surface area contributed by atoms with Crippen LogP contribution in [0.5, 0.6) is 0 Å². The van der Waals surface area contributed by atoms with Crippen molar-refractivity contribution in [2.45, 2.75) is 58.4 Å². The second-order valence-electron chi connectivity index (χ2n) is 7.71. The number of carbonyl (C=O) groups excluding carboxylic acids is 3. The molecule has 2 unspecified atom stereocenters. The number of carbonyl (C=O) groups is 3. The minimum Gasteiger partial charge on any atom is -0.381 e. The van der Waals surface area contributed by atoms with Crippen LogP contribution >= 0.6 is 0 Å². The summed E-state index contributed by atoms with van der Waals surface area (Å²) in [6.07, 6.45) is 4.08. The lowest BCUT2D eigenvalue weighted by molar-refractivity contribution is -0.140. The van der Waals surface area contributed by atoms with Gasteiger partial charge in [0.25, 0.3) is 0 Å². The maximum Gasteiger partial charge on any atom is 0.226 e. The Hall–Kier alpha value is -1.63. The second kappa shape index (κ2) is 10.6. The fourth-order valence-electron chi connectivity index (χ4n) is 4.00. The lowest BCUT2D eigenvalue weighted by Crippen LogP contribution is -2.47. The Balaban J connectivity index is 1.98. The Morgan fingerprint density at radius 3 is 2.41 bits per heavy atom. The molecule has 0 spiro atoms. The van der Waals surface area contributed by atoms with Crippen LogP contribution in [0.3, 0.4) is 0 Å². The van der Waals surface area contributed by atoms with E-state index in [9.17, 15) is 14.4 Å². The largest absolute Gasteiger partial charge is 0.381 e. The van der Waals surface area contributed by atoms with Crippen LogP contribution in [0.25, 0.3) is 0 Å². The van der Waals surface area contributed by atoms with Gasteiger partial charge in [0.1, 0.15) is 0 Å². The third kappa shape index (κ3) is 6.19. The second-order valence-corrected chi connectivity index (χ2v) is 7.71. The zero-order valence-corrected chi connectivity index (χ0v) is 17.0. The van der Waals surface area contributed by atoms with Gasteiger partial charge in [-0.05, 0) is 39.5 Å². The number of hydrogen-bond acceptors (Lipinski definition) is 4. The topological polar surface area (TPSA) is 79.0 Å². The highest BCUT2D eigenvalue weighted by Crippen LogP contribution is 2.22. The maximum absolute atomic E-state index is 12.7. The van der Waals surface area contributed by atoms with Crippen molar-refractivity contribution in [3.63, 3.8) is 0 Å². The SMILES string of the molecule is CCN(CC)C(=O)C1CCCC(NC(=O)C2CCOCC2)CN(C)C(=O)C1. The Bertz CT molecular complexity index is 515. The fraction of sp³-hybridized carbons (Fsp3) is 0.850. The first-order chi connectivity index (χ1) is 13.0. The summed E-state index contributed by atoms with van der Waals surface area (Å²) < 4.78 is 5.33. The van der Waals surface area contributed by atoms with Gasteiger partial charge in [-0.25, -0.2) is 0 Å². The smallest absolute Gasteiger partial charge is 0.226 e. The molecule has 0 saturated carbocycles. The van der Waals surface area contributed by atoms with Gasteiger partial charge in [0.2, 0.25) is 17.7 Å². The van der Waals surface area contributed by atoms with Crippen LogP contribution in [0.1, 0.15) is 52.4 Å². The van der Waals surface area contributed by atoms with Crippen molar-refractivity contribution < 1.29 is 19.1 Å². The van der Waals surface area contributed by atoms with Gasteiger partial charge in [-0.1, -0.05) is 6.42 Å². The minimum absolute atomic E-state index is 0.00405. The molecule has 7 heteroatoms. The lowest BCUT2D eigenvalue weighted by atomic mass is 9.95. The number of ether oxygens (including phenoxy) is 1. The molecule has 2 fully saturated rings. The minimum atomic E-state index is -0.259. The van der Waals surface area contributed by atoms with E-state index in [1.807, 2.05) is 13.8 Å². The number of hydrogen-bond donors (Lipinski definition) is 1. The van der Waals surface area contributed by atoms with Crippen LogP contribution < -0.4 is 5.32 Å². The summed E-state index contributed by atoms with van der Waals surface area (Å²) in [6, 6.07) is -0.0587. The molecule has 154 valence electrons. The molecule has 2 atom stereocenters. The van der Waals surface area contributed by atoms with E-state index >= 15 is 0 Å². The fourth-order valence-corrected chi connectivity index (χ4v) is 4.00. The number of rotatable bonds is 5. The average Bonchev–Trinajstić information content (AvgIpc) is 2.74. The molecule has 0 radical (unpaired) electrons. The molecule has 7 nitrogen and oxygen atoms in total. The van der Waals surface area contributed by atoms with Crippen molar-refractivity contribution in [1.82, 2.24) is 15.1 Å². The highest BCUT2D eigenvalue weighted by molar-refractivity contribution is 5.86. The zero-order valence-electron chi connectivity index (χ0n) is 17.0. The van der Waals surface area contributed by atoms with E-state index in [-0.39, 0.29) is 42.0 Å². The van der Waals surface area contributed by atoms with Gasteiger partial charge in [0.05, 0.1) is 0 Å². The monoisotopic (exact) mass is 381 g/mol. The molecule has 3 amide bonds. The van der Waals surface area contributed by atoms with Crippen molar-refractivity contribution >= 4 is 17.7 Å². The third-order valence-corrected chi connectivity index (χ3v) is 5.81. The van der Waals surface area contributed by atoms with Crippen molar-refractivity contribution in [2.75, 3.05) is 39.9 Å². The van der Waals surface area contributed by atoms with Crippen molar-refractivity contribution in [3.05, 3.63) is 0 Å². The van der Waals surface area contributed by atoms with Gasteiger partial charge in [-0.3, -0.25) is 14.4 Å². The van der Waals surface area contributed by atoms with Gasteiger partial charge in [-0.15, -0.1) is 0 Å². The van der Waals surface area contributed by atoms with Crippen LogP contribution in [-0.4, -0.2) is 73.5 Å². The van der Waals surface area contributed by atoms with Gasteiger partial charge >= 0.3 is 0 Å². The Morgan fingerprint density at radius 1 is 1.11 bits per heavy atom. The summed E-state index contributed by atoms with van der Waals surface area (Å²) in [4.78, 5) is 41.3. The first kappa shape index (κ1) is 21.7. The molecule has 0 aromatic heterocycles. The molecule has 2 aliphatic rings. The molecular weight excluding hydrogens is 346 g/mol. The molecule has 2 rings (SSSR count). The predicted octanol–water partition coefficient (Wildman–Crippen LogP) is 1.41. The van der Waals surface area contributed by atoms with Gasteiger partial charge in [0, 0.05) is 64.2 Å². The molecule has 1 N–H and O–H groups in total. The quantitative estimate of drug-likeness (QED) is 0.781. The molecule has 2 heterocycles. The predicted molar refractivity (Wildman–Crippen MR) is 103 cm³/mol. The molecular formula is C20H35N3O4. The van der Waals surface area contributed by atoms with Crippen LogP contribution in [0.4, 0.5) is 0 Å². The van der Waals surface area contributed by atoms with E-state index in [1.165, 1.54) is 0 Å². The maximum atomic E-state index is 12.7. The Labute approximate surface area is 162 Å². The Morgan fingerprint density at radius 2 is 1.78 bits per heavy atom. The van der Waals surface area contributed by atoms with Crippen LogP contribution in [-0.2, 0) is 19.1 Å². The summed E-state index contributed by atoms with van der Waals surface area (Å²) in [5.41, 5.74) is 0. The van der Waals surface area contributed by atoms with Crippen molar-refractivity contribution in [1.29, 1.82) is 0 Å². The van der Waals surface area contributed by atoms with E-state index in [0.717, 1.165) is 25.7 Å². The van der Waals surface area contributed by atoms with E-state index < -0.39 is 0 Å². The van der Waals surface area contributed by atoms with Crippen LogP contribution in [0, 0.1) is 11.8 Å². The molecule has 0 bridgehead atoms. The summed E-state index contributed by atoms with van der Waals surface area (Å²) in [5.74, 6) is -0.132. The standard InChI is InChI=1S/C20H35N3O4/c1-4-23(5-2)20(26)16-7-6-8-17(14-22(3)18(24)13-16)21-19(25)15-9-11-27-12-10-15/h15-17H,4-14H2,1-3H3,(H,21,25). The highest BCUT2D eigenvalue weighted by atomic mass is 16.5. The van der Waals surface area contributed by atoms with Crippen molar-refractivity contribution in [2.24, 2.45) is 11.8 Å². The van der Waals surface area contributed by atoms with Crippen molar-refractivity contribution in [3.8, 4) is 0 Å². The van der Waals surface area contributed by atoms with Crippen LogP contribution in [0.15, 0.2) is 0 Å². The van der Waals surface area contributed by atoms with E-state index in [4.69, 9.17) is 4.74 Å². The zero-order chi connectivity index (χ0) is 19.8. The third-order valence-electron chi connectivity index (χ3n) is 5.81. The first-order valence-electron chi connectivity index (χ1n) is 10.4. The molecule has 27 heavy (non-hydrogen) atoms. The summed E-state index contributed by atoms with van der Waals surface area (Å²) in [5, 5.41) is 3.14. The van der Waals surface area contributed by atoms with E-state index in [2.05, 4.69) is 5.32 Å². The van der Waals surface area contributed by atoms with Gasteiger partial charge in [-0.2, -0.15) is 0 Å². The van der Waals surface area contributed by atoms with Crippen LogP contribution in [0.2, 0.25) is 0 Å². The number of amides is 3. The number of nitrogens with zero attached hydrogens (tertiary/aromatic N) is 2. The first-order valence-corrected chi connectivity index (χ1v) is 10.4. The molecule has 0 aromatic carbocycles. The van der Waals surface area contributed by atoms with E-state index in [0.29, 0.717) is 39.3 Å². The summed E-state index contributed by atoms with van der Waals surface area (Å²) in [6.45, 7) is 7.03. The normalized spacial score (nSPS) is 25.3. The van der Waals surface area contributed by atoms with Gasteiger partial charge in [0.15, 0.2) is 0 Å². The van der Waals surface area contributed by atoms with E-state index in [1.54, 1.807) is 16.8 Å². The molecule has 2 aliphatic heterocycles. The molecule has 0 aromatic rings. The lowest BCUT2D eigenvalue weighted by Gasteiger charge is -2.27. The van der Waals surface area contributed by atoms with Gasteiger partial charge < -0.3 is 19.9 Å². The Kier molecular flexibility index (Phi) is 8.54. The highest BCUT2D eigenvalue weighted by Gasteiger charge is 2.30. The summed E-state index contributed by atoms with van der Waals surface area (Å²) in [7, 11) is 1.76. The average molecular weight is 382 g/mol. The summed E-state index contributed by atoms with van der Waals surface area (Å²) >= 11 is 0. The molecule has 2 saturated heterocycles. The number of likely N-dealkylation sites (N-methyl/N-ethyl adjacent to an activating group) is 1. The number of nitrogens with one attached hydrogen (secondary N) is 1. The molecule has 0 aliphatic carbocycles.